The van der Waals surface area contributed by atoms with Crippen LogP contribution in [0.2, 0.25) is 0 Å². The van der Waals surface area contributed by atoms with Crippen molar-refractivity contribution >= 4 is 74.1 Å². The molecule has 10 heterocycles. The SMILES string of the molecule is CCn1c(=O)n(Cc2cccc(CN(CC3CC3)CC3CC3)c2)c2nc(OCCOC)nc(N)c21.CCn1c(=O)n(Cc2cccc(CNCC3CC3)c2)c2nc(OCCOC)nc(N)c21.COCCOc1nc(N)c2[nH]c(=O)n(Cc3cccc(CN4CCCCC4)c3)c2n1.COCCOc1nc(N)c2nc(OC(=O)OC(C)C)n(Cc3cccc(CN4CCC(F)CC4)c3)c2n1. The van der Waals surface area contributed by atoms with Crippen LogP contribution >= 0.6 is 0 Å². The smallest absolute Gasteiger partial charge is 0.461 e. The highest BCUT2D eigenvalue weighted by atomic mass is 19.1. The molecule has 4 aromatic carbocycles. The van der Waals surface area contributed by atoms with E-state index in [2.05, 4.69) is 124 Å². The molecule has 2 saturated heterocycles. The number of nitrogen functional groups attached to an aromatic ring is 4. The van der Waals surface area contributed by atoms with E-state index < -0.39 is 12.3 Å². The zero-order valence-electron chi connectivity index (χ0n) is 77.5. The Balaban J connectivity index is 0.000000143. The van der Waals surface area contributed by atoms with E-state index in [9.17, 15) is 23.6 Å². The number of imidazole rings is 4. The second-order valence-corrected chi connectivity index (χ2v) is 34.6. The molecular weight excluding hydrogens is 1710 g/mol. The predicted molar refractivity (Wildman–Crippen MR) is 504 cm³/mol. The van der Waals surface area contributed by atoms with Crippen LogP contribution in [0.1, 0.15) is 143 Å². The van der Waals surface area contributed by atoms with Gasteiger partial charge in [-0.25, -0.2) is 23.6 Å². The van der Waals surface area contributed by atoms with Crippen molar-refractivity contribution in [3.63, 3.8) is 0 Å². The number of halogens is 1. The van der Waals surface area contributed by atoms with Crippen LogP contribution in [-0.4, -0.2) is 237 Å². The molecule has 133 heavy (non-hydrogen) atoms. The van der Waals surface area contributed by atoms with Crippen molar-refractivity contribution in [2.75, 3.05) is 150 Å². The molecule has 2 aliphatic heterocycles. The van der Waals surface area contributed by atoms with E-state index in [4.69, 9.17) is 70.3 Å². The number of aromatic nitrogens is 16. The zero-order valence-corrected chi connectivity index (χ0v) is 77.5. The van der Waals surface area contributed by atoms with Crippen molar-refractivity contribution in [3.05, 3.63) is 173 Å². The van der Waals surface area contributed by atoms with Crippen LogP contribution in [0.4, 0.5) is 32.5 Å². The molecule has 5 fully saturated rings. The van der Waals surface area contributed by atoms with Gasteiger partial charge in [0.25, 0.3) is 0 Å². The van der Waals surface area contributed by atoms with Gasteiger partial charge in [0.05, 0.1) is 58.7 Å². The van der Waals surface area contributed by atoms with E-state index in [0.717, 1.165) is 104 Å². The maximum Gasteiger partial charge on any atom is 0.516 e. The number of aromatic amines is 1. The molecule has 714 valence electrons. The highest BCUT2D eigenvalue weighted by molar-refractivity contribution is 5.85. The van der Waals surface area contributed by atoms with Gasteiger partial charge in [-0.2, -0.15) is 44.9 Å². The van der Waals surface area contributed by atoms with Gasteiger partial charge in [0.1, 0.15) is 49.1 Å². The minimum absolute atomic E-state index is 0.0221. The maximum absolute atomic E-state index is 13.5. The lowest BCUT2D eigenvalue weighted by atomic mass is 10.1. The van der Waals surface area contributed by atoms with Gasteiger partial charge < -0.3 is 80.6 Å². The van der Waals surface area contributed by atoms with Crippen LogP contribution in [0.5, 0.6) is 30.1 Å². The Bertz CT molecular complexity index is 6030. The lowest BCUT2D eigenvalue weighted by Gasteiger charge is -2.28. The number of nitrogens with two attached hydrogens (primary N) is 4. The first-order chi connectivity index (χ1) is 64.6. The number of piperidine rings is 2. The number of anilines is 4. The van der Waals surface area contributed by atoms with Gasteiger partial charge in [-0.1, -0.05) is 103 Å². The van der Waals surface area contributed by atoms with E-state index in [1.54, 1.807) is 69.7 Å². The number of benzene rings is 4. The van der Waals surface area contributed by atoms with Crippen LogP contribution in [0.25, 0.3) is 44.7 Å². The first kappa shape index (κ1) is 96.8. The molecule has 38 nitrogen and oxygen atoms in total. The van der Waals surface area contributed by atoms with Crippen LogP contribution in [0, 0.1) is 17.8 Å². The molecule has 0 unspecified atom stereocenters. The lowest BCUT2D eigenvalue weighted by Crippen LogP contribution is -2.33. The van der Waals surface area contributed by atoms with Gasteiger partial charge in [0.2, 0.25) is 0 Å². The van der Waals surface area contributed by atoms with Crippen LogP contribution < -0.4 is 69.0 Å². The molecule has 0 atom stereocenters. The minimum Gasteiger partial charge on any atom is -0.461 e. The van der Waals surface area contributed by atoms with E-state index in [1.165, 1.54) is 87.6 Å². The van der Waals surface area contributed by atoms with Crippen molar-refractivity contribution < 1.29 is 56.6 Å². The molecule has 3 aliphatic carbocycles. The quantitative estimate of drug-likeness (QED) is 0.0153. The number of aryl methyl sites for hydroxylation is 2. The number of carbonyl (C=O) groups excluding carboxylic acids is 1. The molecule has 0 spiro atoms. The number of hydrogen-bond acceptors (Lipinski definition) is 31. The number of methoxy groups -OCH3 is 4. The van der Waals surface area contributed by atoms with Crippen molar-refractivity contribution in [3.8, 4) is 30.1 Å². The highest BCUT2D eigenvalue weighted by Gasteiger charge is 2.31. The zero-order chi connectivity index (χ0) is 93.4. The van der Waals surface area contributed by atoms with Gasteiger partial charge in [-0.05, 0) is 174 Å². The monoisotopic (exact) mass is 1830 g/mol. The minimum atomic E-state index is -0.889. The van der Waals surface area contributed by atoms with Crippen LogP contribution in [-0.2, 0) is 89.1 Å². The Morgan fingerprint density at radius 2 is 0.865 bits per heavy atom. The summed E-state index contributed by atoms with van der Waals surface area (Å²) in [6.45, 7) is 23.1. The number of likely N-dealkylation sites (tertiary alicyclic amines) is 2. The number of ether oxygens (including phenoxy) is 10. The number of H-pyrrole nitrogens is 1. The Hall–Kier alpha value is -12.2. The van der Waals surface area contributed by atoms with Crippen molar-refractivity contribution in [1.82, 2.24) is 97.3 Å². The molecule has 3 saturated carbocycles. The molecule has 0 amide bonds. The largest absolute Gasteiger partial charge is 0.516 e. The summed E-state index contributed by atoms with van der Waals surface area (Å²) in [6, 6.07) is 33.7. The number of rotatable bonds is 42. The van der Waals surface area contributed by atoms with Gasteiger partial charge in [0.15, 0.2) is 51.4 Å². The molecule has 0 bridgehead atoms. The summed E-state index contributed by atoms with van der Waals surface area (Å²) in [7, 11) is 6.35. The molecule has 5 aliphatic rings. The fourth-order valence-electron chi connectivity index (χ4n) is 16.4. The second-order valence-electron chi connectivity index (χ2n) is 34.6. The summed E-state index contributed by atoms with van der Waals surface area (Å²) in [5.41, 5.74) is 36.4. The van der Waals surface area contributed by atoms with Gasteiger partial charge in [0, 0.05) is 93.9 Å². The number of alkyl halides is 1. The maximum atomic E-state index is 13.5. The summed E-state index contributed by atoms with van der Waals surface area (Å²) in [5.74, 6) is 3.33. The number of nitrogens with zero attached hydrogens (tertiary/aromatic N) is 18. The number of fused-ring (bicyclic) bond motifs is 4. The standard InChI is InChI=1S/C26H36N6O3.C25H33FN6O5.C22H30N6O3.C21H28N6O3/c1-3-31-22-23(27)28-25(35-12-11-34-2)29-24(22)32(26(31)33)17-21-6-4-5-20(13-21)16-30(14-18-7-8-18)15-19-9-10-19;1-16(2)36-25(33)37-24-28-20-21(27)29-23(35-12-11-34-3)30-22(20)32(24)15-18-6-4-5-17(13-18)14-31-9-7-19(26)8-10-31;1-3-27-18-19(23)25-21(31-10-9-30-2)26-20(18)28(22(27)29)14-17-6-4-5-16(11-17)13-24-12-15-7-8-15;1-29-10-11-30-20-24-18(22)17-19(25-20)27(21(28)23-17)14-16-7-5-6-15(12-16)13-26-8-3-2-4-9-26/h4-6,13,18-19H,3,7-12,14-17H2,1-2H3,(H2,27,28,29);4-6,13,16,19H,7-12,14-15H2,1-3H3,(H2,27,29,30);4-6,11,15,24H,3,7-10,12-14H2,1-2H3,(H2,23,25,26);5-7,12H,2-4,8-11,13-14H2,1H3,(H,23,28)(H2,22,24,25). The lowest BCUT2D eigenvalue weighted by molar-refractivity contribution is 0.0691. The third-order valence-corrected chi connectivity index (χ3v) is 23.5. The van der Waals surface area contributed by atoms with Crippen molar-refractivity contribution in [2.45, 2.75) is 176 Å². The number of nitrogens with one attached hydrogen (secondary N) is 2. The molecule has 0 radical (unpaired) electrons. The third kappa shape index (κ3) is 26.8. The highest BCUT2D eigenvalue weighted by Crippen LogP contribution is 2.36. The average molecular weight is 1840 g/mol. The second kappa shape index (κ2) is 46.9. The first-order valence-electron chi connectivity index (χ1n) is 46.1. The Morgan fingerprint density at radius 1 is 0.459 bits per heavy atom. The molecule has 12 aromatic rings. The van der Waals surface area contributed by atoms with Crippen LogP contribution in [0.3, 0.4) is 0 Å². The predicted octanol–water partition coefficient (Wildman–Crippen LogP) is 9.76. The Kier molecular flexibility index (Phi) is 34.1. The summed E-state index contributed by atoms with van der Waals surface area (Å²) in [5, 5.41) is 3.51. The fourth-order valence-corrected chi connectivity index (χ4v) is 16.4. The molecule has 10 N–H and O–H groups in total. The first-order valence-corrected chi connectivity index (χ1v) is 46.1. The summed E-state index contributed by atoms with van der Waals surface area (Å²) in [4.78, 5) is 100. The Labute approximate surface area is 771 Å². The van der Waals surface area contributed by atoms with Crippen LogP contribution in [0.15, 0.2) is 111 Å². The molecular formula is C94H127FN24O14. The van der Waals surface area contributed by atoms with E-state index in [-0.39, 0.29) is 95.2 Å². The van der Waals surface area contributed by atoms with Crippen molar-refractivity contribution in [1.29, 1.82) is 0 Å². The third-order valence-electron chi connectivity index (χ3n) is 23.5. The number of carbonyl (C=O) groups is 1. The normalized spacial score (nSPS) is 14.9. The average Bonchev–Trinajstić information content (AvgIpc) is 1.61. The van der Waals surface area contributed by atoms with Gasteiger partial charge >= 0.3 is 53.3 Å². The Morgan fingerprint density at radius 3 is 1.33 bits per heavy atom. The fraction of sp³-hybridized carbons (Fsp3) is 0.521. The summed E-state index contributed by atoms with van der Waals surface area (Å²) < 4.78 is 76.1. The van der Waals surface area contributed by atoms with Crippen molar-refractivity contribution in [2.24, 2.45) is 17.8 Å². The molecule has 17 rings (SSSR count). The summed E-state index contributed by atoms with van der Waals surface area (Å²) >= 11 is 0. The van der Waals surface area contributed by atoms with Gasteiger partial charge in [-0.15, -0.1) is 0 Å². The topological polar surface area (TPSA) is 448 Å². The van der Waals surface area contributed by atoms with E-state index >= 15 is 0 Å². The summed E-state index contributed by atoms with van der Waals surface area (Å²) in [6.07, 6.45) is 11.1. The van der Waals surface area contributed by atoms with Gasteiger partial charge in [-0.3, -0.25) is 42.1 Å². The van der Waals surface area contributed by atoms with E-state index in [1.807, 2.05) is 56.3 Å². The number of hydrogen-bond donors (Lipinski definition) is 6. The molecule has 8 aromatic heterocycles. The molecule has 39 heteroatoms. The van der Waals surface area contributed by atoms with E-state index in [0.29, 0.717) is 131 Å².